The monoisotopic (exact) mass is 436 g/mol. The van der Waals surface area contributed by atoms with Gasteiger partial charge in [-0.05, 0) is 35.7 Å². The lowest BCUT2D eigenvalue weighted by Gasteiger charge is -2.41. The van der Waals surface area contributed by atoms with E-state index in [1.165, 1.54) is 5.56 Å². The Bertz CT molecular complexity index is 1300. The summed E-state index contributed by atoms with van der Waals surface area (Å²) in [6.07, 6.45) is 3.80. The molecule has 0 spiro atoms. The Labute approximate surface area is 194 Å². The molecule has 33 heavy (non-hydrogen) atoms. The van der Waals surface area contributed by atoms with Crippen LogP contribution in [0.15, 0.2) is 91.4 Å². The first-order valence-electron chi connectivity index (χ1n) is 11.1. The molecule has 0 saturated carbocycles. The second kappa shape index (κ2) is 7.93. The number of imidazole rings is 1. The zero-order chi connectivity index (χ0) is 23.2. The highest BCUT2D eigenvalue weighted by Gasteiger charge is 2.38. The van der Waals surface area contributed by atoms with Gasteiger partial charge in [-0.15, -0.1) is 0 Å². The Morgan fingerprint density at radius 1 is 0.848 bits per heavy atom. The van der Waals surface area contributed by atoms with E-state index >= 15 is 0 Å². The van der Waals surface area contributed by atoms with Crippen molar-refractivity contribution >= 4 is 11.7 Å². The largest absolute Gasteiger partial charge is 0.337 e. The van der Waals surface area contributed by atoms with Crippen LogP contribution in [0.4, 0.5) is 10.5 Å². The van der Waals surface area contributed by atoms with Crippen molar-refractivity contribution in [3.63, 3.8) is 0 Å². The summed E-state index contributed by atoms with van der Waals surface area (Å²) in [5, 5.41) is 0. The quantitative estimate of drug-likeness (QED) is 0.432. The third-order valence-electron chi connectivity index (χ3n) is 7.03. The highest BCUT2D eigenvalue weighted by Crippen LogP contribution is 2.44. The highest BCUT2D eigenvalue weighted by molar-refractivity contribution is 5.95. The van der Waals surface area contributed by atoms with E-state index in [0.717, 1.165) is 28.1 Å². The standard InChI is InChI=1S/C28H28N4O/c1-28(21-13-9-6-10-14-21,25-18-29-19-30(25)2)22-15-16-24-23(17-22)26(20-11-7-5-8-12-20)32(4)27(33)31(24)3/h5-19,26H,1-4H3. The van der Waals surface area contributed by atoms with E-state index in [1.807, 2.05) is 62.8 Å². The minimum Gasteiger partial charge on any atom is -0.337 e. The molecule has 0 N–H and O–H groups in total. The van der Waals surface area contributed by atoms with E-state index in [1.54, 1.807) is 4.90 Å². The van der Waals surface area contributed by atoms with Crippen molar-refractivity contribution in [1.82, 2.24) is 14.5 Å². The number of hydrogen-bond donors (Lipinski definition) is 0. The van der Waals surface area contributed by atoms with Crippen molar-refractivity contribution in [2.45, 2.75) is 18.4 Å². The summed E-state index contributed by atoms with van der Waals surface area (Å²) in [6.45, 7) is 2.25. The van der Waals surface area contributed by atoms with Gasteiger partial charge in [0.15, 0.2) is 0 Å². The molecule has 166 valence electrons. The molecule has 4 aromatic rings. The van der Waals surface area contributed by atoms with Crippen LogP contribution in [0.3, 0.4) is 0 Å². The number of hydrogen-bond acceptors (Lipinski definition) is 2. The lowest BCUT2D eigenvalue weighted by molar-refractivity contribution is 0.202. The van der Waals surface area contributed by atoms with Gasteiger partial charge in [-0.2, -0.15) is 0 Å². The van der Waals surface area contributed by atoms with Crippen molar-refractivity contribution < 1.29 is 4.79 Å². The van der Waals surface area contributed by atoms with Crippen molar-refractivity contribution in [3.05, 3.63) is 119 Å². The summed E-state index contributed by atoms with van der Waals surface area (Å²) in [4.78, 5) is 21.0. The second-order valence-corrected chi connectivity index (χ2v) is 8.92. The smallest absolute Gasteiger partial charge is 0.324 e. The Balaban J connectivity index is 1.76. The topological polar surface area (TPSA) is 41.4 Å². The van der Waals surface area contributed by atoms with Gasteiger partial charge in [-0.1, -0.05) is 66.7 Å². The molecule has 1 aliphatic heterocycles. The molecule has 1 aromatic heterocycles. The molecule has 0 aliphatic carbocycles. The fourth-order valence-corrected chi connectivity index (χ4v) is 5.16. The summed E-state index contributed by atoms with van der Waals surface area (Å²) < 4.78 is 2.09. The van der Waals surface area contributed by atoms with Crippen LogP contribution in [0.25, 0.3) is 0 Å². The summed E-state index contributed by atoms with van der Waals surface area (Å²) >= 11 is 0. The van der Waals surface area contributed by atoms with Crippen LogP contribution in [-0.4, -0.2) is 34.6 Å². The molecule has 2 atom stereocenters. The molecular weight excluding hydrogens is 408 g/mol. The van der Waals surface area contributed by atoms with Gasteiger partial charge in [0.05, 0.1) is 29.2 Å². The molecule has 0 fully saturated rings. The number of carbonyl (C=O) groups excluding carboxylic acids is 1. The average Bonchev–Trinajstić information content (AvgIpc) is 3.29. The number of benzene rings is 3. The molecule has 1 aliphatic rings. The van der Waals surface area contributed by atoms with E-state index in [-0.39, 0.29) is 12.1 Å². The number of fused-ring (bicyclic) bond motifs is 1. The number of urea groups is 1. The van der Waals surface area contributed by atoms with Crippen LogP contribution >= 0.6 is 0 Å². The summed E-state index contributed by atoms with van der Waals surface area (Å²) in [5.41, 5.74) is 6.21. The average molecular weight is 437 g/mol. The Hall–Kier alpha value is -3.86. The van der Waals surface area contributed by atoms with Crippen molar-refractivity contribution in [2.75, 3.05) is 19.0 Å². The first-order chi connectivity index (χ1) is 15.9. The molecule has 5 nitrogen and oxygen atoms in total. The number of nitrogens with zero attached hydrogens (tertiary/aromatic N) is 4. The third kappa shape index (κ3) is 3.23. The minimum absolute atomic E-state index is 0.0124. The number of aryl methyl sites for hydroxylation is 1. The highest BCUT2D eigenvalue weighted by atomic mass is 16.2. The van der Waals surface area contributed by atoms with Crippen LogP contribution in [0, 0.1) is 0 Å². The van der Waals surface area contributed by atoms with Gasteiger partial charge in [0, 0.05) is 32.9 Å². The maximum atomic E-state index is 13.0. The first-order valence-corrected chi connectivity index (χ1v) is 11.1. The fourth-order valence-electron chi connectivity index (χ4n) is 5.16. The molecule has 2 amide bonds. The van der Waals surface area contributed by atoms with Crippen molar-refractivity contribution in [3.8, 4) is 0 Å². The van der Waals surface area contributed by atoms with Gasteiger partial charge in [0.1, 0.15) is 0 Å². The predicted octanol–water partition coefficient (Wildman–Crippen LogP) is 5.37. The lowest BCUT2D eigenvalue weighted by Crippen LogP contribution is -2.46. The molecule has 2 unspecified atom stereocenters. The summed E-state index contributed by atoms with van der Waals surface area (Å²) in [5.74, 6) is 0. The van der Waals surface area contributed by atoms with Gasteiger partial charge in [0.2, 0.25) is 0 Å². The van der Waals surface area contributed by atoms with Gasteiger partial charge in [-0.3, -0.25) is 4.90 Å². The van der Waals surface area contributed by atoms with Gasteiger partial charge < -0.3 is 9.47 Å². The van der Waals surface area contributed by atoms with Crippen LogP contribution in [0.1, 0.15) is 40.9 Å². The van der Waals surface area contributed by atoms with Crippen LogP contribution in [0.2, 0.25) is 0 Å². The molecule has 0 bridgehead atoms. The van der Waals surface area contributed by atoms with Crippen LogP contribution < -0.4 is 4.90 Å². The zero-order valence-electron chi connectivity index (χ0n) is 19.4. The van der Waals surface area contributed by atoms with Crippen molar-refractivity contribution in [2.24, 2.45) is 7.05 Å². The van der Waals surface area contributed by atoms with Gasteiger partial charge >= 0.3 is 6.03 Å². The molecule has 3 aromatic carbocycles. The van der Waals surface area contributed by atoms with Crippen molar-refractivity contribution in [1.29, 1.82) is 0 Å². The Morgan fingerprint density at radius 2 is 1.52 bits per heavy atom. The van der Waals surface area contributed by atoms with E-state index in [0.29, 0.717) is 0 Å². The predicted molar refractivity (Wildman–Crippen MR) is 131 cm³/mol. The normalized spacial score (nSPS) is 17.6. The SMILES string of the molecule is CN1C(=O)N(C)C(c2ccccc2)c2cc(C(C)(c3ccccc3)c3cncn3C)ccc21. The number of carbonyl (C=O) groups is 1. The second-order valence-electron chi connectivity index (χ2n) is 8.92. The van der Waals surface area contributed by atoms with E-state index in [9.17, 15) is 4.79 Å². The van der Waals surface area contributed by atoms with Gasteiger partial charge in [-0.25, -0.2) is 9.78 Å². The molecule has 5 heteroatoms. The summed E-state index contributed by atoms with van der Waals surface area (Å²) in [6, 6.07) is 27.1. The third-order valence-corrected chi connectivity index (χ3v) is 7.03. The number of rotatable bonds is 4. The van der Waals surface area contributed by atoms with E-state index in [4.69, 9.17) is 0 Å². The van der Waals surface area contributed by atoms with E-state index in [2.05, 4.69) is 71.1 Å². The maximum Gasteiger partial charge on any atom is 0.324 e. The fraction of sp³-hybridized carbons (Fsp3) is 0.214. The summed E-state index contributed by atoms with van der Waals surface area (Å²) in [7, 11) is 5.76. The molecule has 2 heterocycles. The Morgan fingerprint density at radius 3 is 2.15 bits per heavy atom. The molecule has 5 rings (SSSR count). The first kappa shape index (κ1) is 21.0. The van der Waals surface area contributed by atoms with Crippen LogP contribution in [-0.2, 0) is 12.5 Å². The Kier molecular flexibility index (Phi) is 5.05. The molecule has 0 radical (unpaired) electrons. The molecule has 0 saturated heterocycles. The zero-order valence-corrected chi connectivity index (χ0v) is 19.4. The maximum absolute atomic E-state index is 13.0. The van der Waals surface area contributed by atoms with Gasteiger partial charge in [0.25, 0.3) is 0 Å². The van der Waals surface area contributed by atoms with Crippen LogP contribution in [0.5, 0.6) is 0 Å². The minimum atomic E-state index is -0.415. The van der Waals surface area contributed by atoms with E-state index < -0.39 is 5.41 Å². The number of anilines is 1. The number of amides is 2. The number of aromatic nitrogens is 2. The molecular formula is C28H28N4O. The lowest BCUT2D eigenvalue weighted by atomic mass is 9.72.